The Balaban J connectivity index is 1.54. The van der Waals surface area contributed by atoms with Crippen LogP contribution in [0.4, 0.5) is 0 Å². The van der Waals surface area contributed by atoms with Gasteiger partial charge >= 0.3 is 0 Å². The largest absolute Gasteiger partial charge is 0.294 e. The van der Waals surface area contributed by atoms with E-state index < -0.39 is 0 Å². The van der Waals surface area contributed by atoms with E-state index >= 15 is 0 Å². The lowest BCUT2D eigenvalue weighted by molar-refractivity contribution is 0.246. The Bertz CT molecular complexity index is 1090. The Morgan fingerprint density at radius 3 is 2.41 bits per heavy atom. The fraction of sp³-hybridized carbons (Fsp3) is 0.160. The predicted molar refractivity (Wildman–Crippen MR) is 111 cm³/mol. The summed E-state index contributed by atoms with van der Waals surface area (Å²) in [5, 5.41) is 1.21. The van der Waals surface area contributed by atoms with Crippen LogP contribution < -0.4 is 0 Å². The van der Waals surface area contributed by atoms with Crippen LogP contribution in [0.25, 0.3) is 22.2 Å². The lowest BCUT2D eigenvalue weighted by Crippen LogP contribution is -2.30. The van der Waals surface area contributed by atoms with Crippen LogP contribution in [-0.2, 0) is 19.5 Å². The number of fused-ring (bicyclic) bond motifs is 2. The molecule has 3 aromatic carbocycles. The van der Waals surface area contributed by atoms with Gasteiger partial charge in [0.1, 0.15) is 0 Å². The summed E-state index contributed by atoms with van der Waals surface area (Å²) in [4.78, 5) is 7.57. The number of hydrogen-bond acceptors (Lipinski definition) is 2. The minimum absolute atomic E-state index is 0.927. The van der Waals surface area contributed by atoms with Gasteiger partial charge in [0.15, 0.2) is 0 Å². The Morgan fingerprint density at radius 2 is 1.52 bits per heavy atom. The van der Waals surface area contributed by atoms with Crippen LogP contribution in [0.1, 0.15) is 16.7 Å². The monoisotopic (exact) mass is 350 g/mol. The maximum absolute atomic E-state index is 5.03. The lowest BCUT2D eigenvalue weighted by atomic mass is 9.98. The van der Waals surface area contributed by atoms with Crippen molar-refractivity contribution < 1.29 is 0 Å². The number of nitrogens with zero attached hydrogens (tertiary/aromatic N) is 2. The molecule has 0 saturated carbocycles. The maximum atomic E-state index is 5.03. The van der Waals surface area contributed by atoms with E-state index in [0.717, 1.165) is 37.3 Å². The fourth-order valence-electron chi connectivity index (χ4n) is 4.06. The van der Waals surface area contributed by atoms with Crippen molar-refractivity contribution in [1.82, 2.24) is 9.88 Å². The highest BCUT2D eigenvalue weighted by molar-refractivity contribution is 5.83. The zero-order chi connectivity index (χ0) is 18.1. The van der Waals surface area contributed by atoms with Crippen LogP contribution in [-0.4, -0.2) is 16.4 Å². The highest BCUT2D eigenvalue weighted by Gasteiger charge is 2.18. The molecular weight excluding hydrogens is 328 g/mol. The minimum atomic E-state index is 0.927. The molecular formula is C25H22N2. The van der Waals surface area contributed by atoms with Crippen LogP contribution in [0, 0.1) is 0 Å². The summed E-state index contributed by atoms with van der Waals surface area (Å²) in [7, 11) is 0. The van der Waals surface area contributed by atoms with Gasteiger partial charge < -0.3 is 0 Å². The van der Waals surface area contributed by atoms with Crippen molar-refractivity contribution in [3.05, 3.63) is 102 Å². The third kappa shape index (κ3) is 3.24. The topological polar surface area (TPSA) is 16.1 Å². The second-order valence-corrected chi connectivity index (χ2v) is 7.28. The molecule has 4 aromatic rings. The molecule has 2 heteroatoms. The molecule has 0 amide bonds. The lowest BCUT2D eigenvalue weighted by Gasteiger charge is -2.29. The van der Waals surface area contributed by atoms with Crippen molar-refractivity contribution in [2.75, 3.05) is 6.54 Å². The first-order chi connectivity index (χ1) is 13.4. The van der Waals surface area contributed by atoms with E-state index in [9.17, 15) is 0 Å². The standard InChI is InChI=1S/C25H22N2/c1-2-9-20(10-3-1)25-23(16-21-11-6-7-13-24(21)26-25)18-27-15-14-19-8-4-5-12-22(19)17-27/h1-13,16H,14-15,17-18H2. The van der Waals surface area contributed by atoms with Crippen LogP contribution >= 0.6 is 0 Å². The van der Waals surface area contributed by atoms with Crippen LogP contribution in [0.5, 0.6) is 0 Å². The molecule has 5 rings (SSSR count). The summed E-state index contributed by atoms with van der Waals surface area (Å²) >= 11 is 0. The fourth-order valence-corrected chi connectivity index (χ4v) is 4.06. The van der Waals surface area contributed by atoms with Gasteiger partial charge in [-0.3, -0.25) is 4.90 Å². The first kappa shape index (κ1) is 16.2. The Morgan fingerprint density at radius 1 is 0.778 bits per heavy atom. The van der Waals surface area contributed by atoms with E-state index in [1.165, 1.54) is 27.6 Å². The highest BCUT2D eigenvalue weighted by atomic mass is 15.1. The number of benzene rings is 3. The quantitative estimate of drug-likeness (QED) is 0.488. The second kappa shape index (κ2) is 6.98. The molecule has 0 atom stereocenters. The van der Waals surface area contributed by atoms with Crippen molar-refractivity contribution >= 4 is 10.9 Å². The first-order valence-corrected chi connectivity index (χ1v) is 9.60. The number of hydrogen-bond donors (Lipinski definition) is 0. The molecule has 0 aliphatic carbocycles. The van der Waals surface area contributed by atoms with Crippen molar-refractivity contribution in [1.29, 1.82) is 0 Å². The molecule has 0 fully saturated rings. The molecule has 0 N–H and O–H groups in total. The van der Waals surface area contributed by atoms with E-state index in [0.29, 0.717) is 0 Å². The Labute approximate surface area is 160 Å². The average Bonchev–Trinajstić information content (AvgIpc) is 2.74. The zero-order valence-electron chi connectivity index (χ0n) is 15.3. The minimum Gasteiger partial charge on any atom is -0.294 e. The molecule has 2 nitrogen and oxygen atoms in total. The molecule has 1 aromatic heterocycles. The predicted octanol–water partition coefficient (Wildman–Crippen LogP) is 5.46. The average molecular weight is 350 g/mol. The Hall–Kier alpha value is -2.97. The normalized spacial score (nSPS) is 14.2. The molecule has 0 radical (unpaired) electrons. The van der Waals surface area contributed by atoms with Gasteiger partial charge in [0.25, 0.3) is 0 Å². The molecule has 1 aliphatic rings. The smallest absolute Gasteiger partial charge is 0.0754 e. The van der Waals surface area contributed by atoms with Gasteiger partial charge in [-0.05, 0) is 35.2 Å². The molecule has 0 saturated heterocycles. The van der Waals surface area contributed by atoms with Crippen LogP contribution in [0.2, 0.25) is 0 Å². The van der Waals surface area contributed by atoms with Crippen LogP contribution in [0.15, 0.2) is 84.9 Å². The van der Waals surface area contributed by atoms with Gasteiger partial charge in [0.05, 0.1) is 11.2 Å². The summed E-state index contributed by atoms with van der Waals surface area (Å²) in [5.74, 6) is 0. The van der Waals surface area contributed by atoms with E-state index in [1.807, 2.05) is 0 Å². The summed E-state index contributed by atoms with van der Waals surface area (Å²) in [5.41, 5.74) is 7.61. The van der Waals surface area contributed by atoms with Gasteiger partial charge in [0, 0.05) is 30.6 Å². The maximum Gasteiger partial charge on any atom is 0.0754 e. The van der Waals surface area contributed by atoms with Gasteiger partial charge in [-0.1, -0.05) is 72.8 Å². The molecule has 132 valence electrons. The van der Waals surface area contributed by atoms with Crippen LogP contribution in [0.3, 0.4) is 0 Å². The molecule has 2 heterocycles. The van der Waals surface area contributed by atoms with Gasteiger partial charge in [0.2, 0.25) is 0 Å². The molecule has 0 unspecified atom stereocenters. The SMILES string of the molecule is c1ccc(-c2nc3ccccc3cc2CN2CCc3ccccc3C2)cc1. The molecule has 0 spiro atoms. The summed E-state index contributed by atoms with van der Waals surface area (Å²) in [6.45, 7) is 3.03. The van der Waals surface area contributed by atoms with E-state index in [4.69, 9.17) is 4.98 Å². The molecule has 27 heavy (non-hydrogen) atoms. The van der Waals surface area contributed by atoms with E-state index in [-0.39, 0.29) is 0 Å². The van der Waals surface area contributed by atoms with Gasteiger partial charge in [-0.25, -0.2) is 4.98 Å². The third-order valence-corrected chi connectivity index (χ3v) is 5.45. The number of rotatable bonds is 3. The number of para-hydroxylation sites is 1. The highest BCUT2D eigenvalue weighted by Crippen LogP contribution is 2.28. The van der Waals surface area contributed by atoms with E-state index in [1.54, 1.807) is 0 Å². The zero-order valence-corrected chi connectivity index (χ0v) is 15.3. The van der Waals surface area contributed by atoms with Crippen molar-refractivity contribution in [3.8, 4) is 11.3 Å². The van der Waals surface area contributed by atoms with Crippen molar-refractivity contribution in [3.63, 3.8) is 0 Å². The van der Waals surface area contributed by atoms with Crippen molar-refractivity contribution in [2.45, 2.75) is 19.5 Å². The number of pyridine rings is 1. The third-order valence-electron chi connectivity index (χ3n) is 5.45. The van der Waals surface area contributed by atoms with E-state index in [2.05, 4.69) is 89.8 Å². The Kier molecular flexibility index (Phi) is 4.19. The summed E-state index contributed by atoms with van der Waals surface area (Å²) < 4.78 is 0. The summed E-state index contributed by atoms with van der Waals surface area (Å²) in [6, 6.07) is 30.1. The van der Waals surface area contributed by atoms with Gasteiger partial charge in [-0.2, -0.15) is 0 Å². The second-order valence-electron chi connectivity index (χ2n) is 7.28. The number of aromatic nitrogens is 1. The van der Waals surface area contributed by atoms with Crippen molar-refractivity contribution in [2.24, 2.45) is 0 Å². The molecule has 1 aliphatic heterocycles. The molecule has 0 bridgehead atoms. The summed E-state index contributed by atoms with van der Waals surface area (Å²) in [6.07, 6.45) is 1.12. The van der Waals surface area contributed by atoms with Gasteiger partial charge in [-0.15, -0.1) is 0 Å². The first-order valence-electron chi connectivity index (χ1n) is 9.60.